The molecule has 1 N–H and O–H groups in total. The van der Waals surface area contributed by atoms with E-state index in [0.29, 0.717) is 6.54 Å². The zero-order valence-corrected chi connectivity index (χ0v) is 10.7. The van der Waals surface area contributed by atoms with E-state index in [0.717, 1.165) is 0 Å². The molecular weight excluding hydrogens is 193 g/mol. The van der Waals surface area contributed by atoms with Crippen molar-refractivity contribution in [3.63, 3.8) is 0 Å². The number of hydrogen-bond acceptors (Lipinski definition) is 2. The van der Waals surface area contributed by atoms with Crippen LogP contribution in [-0.4, -0.2) is 40.4 Å². The molecule has 15 heavy (non-hydrogen) atoms. The zero-order valence-electron chi connectivity index (χ0n) is 10.7. The molecule has 1 fully saturated rings. The van der Waals surface area contributed by atoms with Crippen molar-refractivity contribution in [1.29, 1.82) is 0 Å². The number of nitrogens with zero attached hydrogens (tertiary/aromatic N) is 1. The fourth-order valence-corrected chi connectivity index (χ4v) is 2.46. The van der Waals surface area contributed by atoms with Crippen LogP contribution in [0.1, 0.15) is 41.5 Å². The lowest BCUT2D eigenvalue weighted by atomic mass is 9.82. The van der Waals surface area contributed by atoms with Crippen LogP contribution >= 0.6 is 0 Å². The van der Waals surface area contributed by atoms with E-state index in [1.54, 1.807) is 0 Å². The minimum absolute atomic E-state index is 0.0975. The quantitative estimate of drug-likeness (QED) is 0.672. The Kier molecular flexibility index (Phi) is 3.19. The van der Waals surface area contributed by atoms with E-state index < -0.39 is 12.3 Å². The molecule has 1 heterocycles. The predicted molar refractivity (Wildman–Crippen MR) is 60.6 cm³/mol. The van der Waals surface area contributed by atoms with Crippen LogP contribution in [0, 0.1) is 5.41 Å². The Morgan fingerprint density at radius 2 is 1.60 bits per heavy atom. The summed E-state index contributed by atoms with van der Waals surface area (Å²) in [6, 6.07) is -0.104. The van der Waals surface area contributed by atoms with E-state index in [2.05, 4.69) is 46.4 Å². The Morgan fingerprint density at radius 1 is 1.13 bits per heavy atom. The van der Waals surface area contributed by atoms with Gasteiger partial charge in [-0.2, -0.15) is 0 Å². The largest absolute Gasteiger partial charge is 0.388 e. The van der Waals surface area contributed by atoms with E-state index in [4.69, 9.17) is 0 Å². The number of hydrogen-bond donors (Lipinski definition) is 1. The fraction of sp³-hybridized carbons (Fsp3) is 1.00. The van der Waals surface area contributed by atoms with Crippen LogP contribution in [0.25, 0.3) is 0 Å². The summed E-state index contributed by atoms with van der Waals surface area (Å²) in [7, 11) is 0. The molecule has 0 aliphatic carbocycles. The molecule has 1 aliphatic rings. The molecule has 0 amide bonds. The number of aliphatic hydroxyl groups is 1. The number of alkyl halides is 1. The Hall–Kier alpha value is -0.150. The Morgan fingerprint density at radius 3 is 1.87 bits per heavy atom. The van der Waals surface area contributed by atoms with E-state index in [1.165, 1.54) is 0 Å². The highest BCUT2D eigenvalue weighted by Crippen LogP contribution is 2.38. The Labute approximate surface area is 92.5 Å². The maximum atomic E-state index is 13.6. The summed E-state index contributed by atoms with van der Waals surface area (Å²) in [4.78, 5) is 2.09. The molecule has 1 saturated heterocycles. The molecule has 1 aliphatic heterocycles. The first-order valence-electron chi connectivity index (χ1n) is 5.64. The molecule has 0 bridgehead atoms. The SMILES string of the molecule is CC(C)(C)[C@@H]1[C@@H](O)[C@H](F)CN1C(C)(C)C. The first-order valence-corrected chi connectivity index (χ1v) is 5.64. The van der Waals surface area contributed by atoms with E-state index in [-0.39, 0.29) is 17.0 Å². The average molecular weight is 217 g/mol. The van der Waals surface area contributed by atoms with Crippen LogP contribution in [0.2, 0.25) is 0 Å². The molecule has 0 saturated carbocycles. The summed E-state index contributed by atoms with van der Waals surface area (Å²) in [5, 5.41) is 9.91. The zero-order chi connectivity index (χ0) is 12.0. The molecule has 3 heteroatoms. The van der Waals surface area contributed by atoms with Crippen molar-refractivity contribution < 1.29 is 9.50 Å². The lowest BCUT2D eigenvalue weighted by molar-refractivity contribution is -0.00328. The average Bonchev–Trinajstić information content (AvgIpc) is 2.25. The molecule has 90 valence electrons. The summed E-state index contributed by atoms with van der Waals surface area (Å²) in [5.74, 6) is 0. The molecule has 0 spiro atoms. The third-order valence-corrected chi connectivity index (χ3v) is 3.15. The number of aliphatic hydroxyl groups excluding tert-OH is 1. The van der Waals surface area contributed by atoms with E-state index >= 15 is 0 Å². The first-order chi connectivity index (χ1) is 6.55. The van der Waals surface area contributed by atoms with Crippen LogP contribution in [0.3, 0.4) is 0 Å². The second kappa shape index (κ2) is 3.70. The molecule has 3 atom stereocenters. The van der Waals surface area contributed by atoms with Crippen LogP contribution in [0.4, 0.5) is 4.39 Å². The normalized spacial score (nSPS) is 34.8. The third-order valence-electron chi connectivity index (χ3n) is 3.15. The van der Waals surface area contributed by atoms with E-state index in [9.17, 15) is 9.50 Å². The second-order valence-corrected chi connectivity index (χ2v) is 6.64. The second-order valence-electron chi connectivity index (χ2n) is 6.64. The van der Waals surface area contributed by atoms with Gasteiger partial charge >= 0.3 is 0 Å². The molecule has 1 rings (SSSR count). The minimum atomic E-state index is -1.12. The van der Waals surface area contributed by atoms with Gasteiger partial charge in [0.2, 0.25) is 0 Å². The standard InChI is InChI=1S/C12H24FNO/c1-11(2,3)10-9(15)8(13)7-14(10)12(4,5)6/h8-10,15H,7H2,1-6H3/t8-,9+,10+/m1/s1. The monoisotopic (exact) mass is 217 g/mol. The van der Waals surface area contributed by atoms with Gasteiger partial charge in [-0.1, -0.05) is 20.8 Å². The molecule has 0 radical (unpaired) electrons. The smallest absolute Gasteiger partial charge is 0.140 e. The van der Waals surface area contributed by atoms with Gasteiger partial charge < -0.3 is 5.11 Å². The molecule has 0 aromatic carbocycles. The predicted octanol–water partition coefficient (Wildman–Crippen LogP) is 2.21. The molecule has 2 nitrogen and oxygen atoms in total. The van der Waals surface area contributed by atoms with Crippen molar-refractivity contribution in [1.82, 2.24) is 4.90 Å². The molecule has 0 aromatic rings. The summed E-state index contributed by atoms with van der Waals surface area (Å²) >= 11 is 0. The van der Waals surface area contributed by atoms with Crippen LogP contribution in [0.5, 0.6) is 0 Å². The van der Waals surface area contributed by atoms with Crippen molar-refractivity contribution in [2.24, 2.45) is 5.41 Å². The fourth-order valence-electron chi connectivity index (χ4n) is 2.46. The minimum Gasteiger partial charge on any atom is -0.388 e. The van der Waals surface area contributed by atoms with Gasteiger partial charge in [-0.25, -0.2) is 4.39 Å². The Bertz CT molecular complexity index is 229. The maximum Gasteiger partial charge on any atom is 0.140 e. The summed E-state index contributed by atoms with van der Waals surface area (Å²) < 4.78 is 13.6. The highest BCUT2D eigenvalue weighted by molar-refractivity contribution is 5.03. The molecule has 0 aromatic heterocycles. The summed E-state index contributed by atoms with van der Waals surface area (Å²) in [5.41, 5.74) is -0.201. The van der Waals surface area contributed by atoms with Crippen LogP contribution in [0.15, 0.2) is 0 Å². The summed E-state index contributed by atoms with van der Waals surface area (Å²) in [6.45, 7) is 12.7. The van der Waals surface area contributed by atoms with Gasteiger partial charge in [-0.3, -0.25) is 4.90 Å². The van der Waals surface area contributed by atoms with E-state index in [1.807, 2.05) is 0 Å². The van der Waals surface area contributed by atoms with Gasteiger partial charge in [0, 0.05) is 18.1 Å². The first kappa shape index (κ1) is 12.9. The summed E-state index contributed by atoms with van der Waals surface area (Å²) in [6.07, 6.45) is -1.97. The van der Waals surface area contributed by atoms with Gasteiger partial charge in [-0.05, 0) is 26.2 Å². The van der Waals surface area contributed by atoms with Crippen LogP contribution in [-0.2, 0) is 0 Å². The van der Waals surface area contributed by atoms with Crippen molar-refractivity contribution in [3.05, 3.63) is 0 Å². The lowest BCUT2D eigenvalue weighted by Gasteiger charge is -2.43. The topological polar surface area (TPSA) is 23.5 Å². The van der Waals surface area contributed by atoms with Crippen molar-refractivity contribution >= 4 is 0 Å². The third kappa shape index (κ3) is 2.51. The van der Waals surface area contributed by atoms with Gasteiger partial charge in [0.05, 0.1) is 0 Å². The highest BCUT2D eigenvalue weighted by atomic mass is 19.1. The van der Waals surface area contributed by atoms with Crippen molar-refractivity contribution in [2.45, 2.75) is 65.4 Å². The maximum absolute atomic E-state index is 13.6. The van der Waals surface area contributed by atoms with Crippen molar-refractivity contribution in [3.8, 4) is 0 Å². The van der Waals surface area contributed by atoms with Gasteiger partial charge in [0.15, 0.2) is 0 Å². The molecule has 0 unspecified atom stereocenters. The highest BCUT2D eigenvalue weighted by Gasteiger charge is 2.50. The number of halogens is 1. The van der Waals surface area contributed by atoms with Gasteiger partial charge in [-0.15, -0.1) is 0 Å². The van der Waals surface area contributed by atoms with Crippen molar-refractivity contribution in [2.75, 3.05) is 6.54 Å². The number of rotatable bonds is 0. The van der Waals surface area contributed by atoms with Gasteiger partial charge in [0.25, 0.3) is 0 Å². The number of likely N-dealkylation sites (tertiary alicyclic amines) is 1. The van der Waals surface area contributed by atoms with Gasteiger partial charge in [0.1, 0.15) is 12.3 Å². The molecular formula is C12H24FNO. The Balaban J connectivity index is 2.98. The van der Waals surface area contributed by atoms with Crippen LogP contribution < -0.4 is 0 Å². The lowest BCUT2D eigenvalue weighted by Crippen LogP contribution is -2.52.